The minimum Gasteiger partial charge on any atom is -0.347 e. The second-order valence-corrected chi connectivity index (χ2v) is 10.6. The van der Waals surface area contributed by atoms with Crippen LogP contribution in [0.2, 0.25) is 0 Å². The number of benzene rings is 3. The Morgan fingerprint density at radius 3 is 2.63 bits per heavy atom. The zero-order valence-electron chi connectivity index (χ0n) is 16.9. The first-order chi connectivity index (χ1) is 14.5. The van der Waals surface area contributed by atoms with Gasteiger partial charge in [0.05, 0.1) is 9.79 Å². The minimum absolute atomic E-state index is 0.318. The molecule has 2 aliphatic heterocycles. The lowest BCUT2D eigenvalue weighted by Gasteiger charge is -2.25. The van der Waals surface area contributed by atoms with E-state index in [1.807, 2.05) is 48.5 Å². The van der Waals surface area contributed by atoms with E-state index in [2.05, 4.69) is 16.9 Å². The van der Waals surface area contributed by atoms with Crippen molar-refractivity contribution in [3.05, 3.63) is 71.9 Å². The van der Waals surface area contributed by atoms with Crippen molar-refractivity contribution in [3.63, 3.8) is 0 Å². The summed E-state index contributed by atoms with van der Waals surface area (Å²) < 4.78 is 29.6. The van der Waals surface area contributed by atoms with Crippen LogP contribution in [0.5, 0.6) is 0 Å². The molecule has 7 rings (SSSR count). The predicted octanol–water partition coefficient (Wildman–Crippen LogP) is 4.76. The Bertz CT molecular complexity index is 1400. The summed E-state index contributed by atoms with van der Waals surface area (Å²) >= 11 is 0. The molecule has 0 radical (unpaired) electrons. The zero-order chi connectivity index (χ0) is 20.5. The summed E-state index contributed by atoms with van der Waals surface area (Å²) in [4.78, 5) is 0.750. The molecule has 1 saturated heterocycles. The number of nitrogens with one attached hydrogen (secondary N) is 1. The van der Waals surface area contributed by atoms with E-state index in [1.54, 1.807) is 12.1 Å². The van der Waals surface area contributed by atoms with Crippen LogP contribution in [0, 0.1) is 5.92 Å². The quantitative estimate of drug-likeness (QED) is 0.513. The van der Waals surface area contributed by atoms with Crippen molar-refractivity contribution in [2.45, 2.75) is 35.1 Å². The number of nitrogens with zero attached hydrogens (tertiary/aromatic N) is 1. The summed E-state index contributed by atoms with van der Waals surface area (Å²) in [5, 5.41) is 6.48. The fourth-order valence-electron chi connectivity index (χ4n) is 5.47. The van der Waals surface area contributed by atoms with Gasteiger partial charge in [-0.3, -0.25) is 0 Å². The fraction of sp³-hybridized carbons (Fsp3) is 0.280. The highest BCUT2D eigenvalue weighted by Gasteiger charge is 2.33. The van der Waals surface area contributed by atoms with Crippen LogP contribution >= 0.6 is 0 Å². The van der Waals surface area contributed by atoms with E-state index in [9.17, 15) is 8.42 Å². The van der Waals surface area contributed by atoms with Crippen molar-refractivity contribution in [1.82, 2.24) is 9.88 Å². The summed E-state index contributed by atoms with van der Waals surface area (Å²) in [6, 6.07) is 19.1. The molecule has 1 N–H and O–H groups in total. The van der Waals surface area contributed by atoms with Crippen molar-refractivity contribution in [1.29, 1.82) is 0 Å². The lowest BCUT2D eigenvalue weighted by molar-refractivity contribution is 0.332. The largest absolute Gasteiger partial charge is 0.347 e. The molecule has 0 amide bonds. The Labute approximate surface area is 176 Å². The van der Waals surface area contributed by atoms with Gasteiger partial charge in [-0.1, -0.05) is 36.4 Å². The van der Waals surface area contributed by atoms with Gasteiger partial charge in [0.1, 0.15) is 0 Å². The zero-order valence-corrected chi connectivity index (χ0v) is 17.7. The Balaban J connectivity index is 1.58. The molecule has 4 aromatic rings. The van der Waals surface area contributed by atoms with Gasteiger partial charge in [0.25, 0.3) is 0 Å². The monoisotopic (exact) mass is 416 g/mol. The number of hydrogen-bond acceptors (Lipinski definition) is 3. The smallest absolute Gasteiger partial charge is 0.207 e. The van der Waals surface area contributed by atoms with Gasteiger partial charge < -0.3 is 9.88 Å². The molecule has 2 bridgehead atoms. The van der Waals surface area contributed by atoms with Gasteiger partial charge in [0, 0.05) is 35.1 Å². The molecule has 1 aromatic heterocycles. The summed E-state index contributed by atoms with van der Waals surface area (Å²) in [5.74, 6) is 0.671. The van der Waals surface area contributed by atoms with E-state index in [0.29, 0.717) is 21.8 Å². The van der Waals surface area contributed by atoms with Crippen molar-refractivity contribution in [3.8, 4) is 0 Å². The molecule has 4 nitrogen and oxygen atoms in total. The molecule has 2 unspecified atom stereocenters. The van der Waals surface area contributed by atoms with Crippen molar-refractivity contribution in [2.24, 2.45) is 13.0 Å². The van der Waals surface area contributed by atoms with Crippen LogP contribution < -0.4 is 5.32 Å². The second-order valence-electron chi connectivity index (χ2n) is 8.69. The Hall–Kier alpha value is -2.63. The Morgan fingerprint density at radius 2 is 1.80 bits per heavy atom. The molecule has 3 aliphatic rings. The van der Waals surface area contributed by atoms with Crippen LogP contribution in [0.4, 0.5) is 0 Å². The highest BCUT2D eigenvalue weighted by atomic mass is 32.2. The van der Waals surface area contributed by atoms with Crippen LogP contribution in [-0.4, -0.2) is 19.5 Å². The molecule has 0 saturated carbocycles. The first kappa shape index (κ1) is 18.2. The van der Waals surface area contributed by atoms with Gasteiger partial charge in [-0.15, -0.1) is 0 Å². The minimum atomic E-state index is -3.63. The molecular formula is C25H24N2O2S. The third-order valence-electron chi connectivity index (χ3n) is 7.03. The third kappa shape index (κ3) is 2.52. The second kappa shape index (κ2) is 6.43. The SMILES string of the molecule is Cn1c2c(c3cc(S(=O)(=O)c4cccc5ccccc45)ccc31)C1CCC(CN1)C2. The van der Waals surface area contributed by atoms with E-state index < -0.39 is 9.84 Å². The number of aromatic nitrogens is 1. The number of hydrogen-bond donors (Lipinski definition) is 1. The molecule has 0 spiro atoms. The van der Waals surface area contributed by atoms with Crippen LogP contribution in [-0.2, 0) is 23.3 Å². The molecule has 3 aromatic carbocycles. The van der Waals surface area contributed by atoms with Crippen molar-refractivity contribution in [2.75, 3.05) is 6.54 Å². The molecule has 1 fully saturated rings. The van der Waals surface area contributed by atoms with Gasteiger partial charge in [-0.25, -0.2) is 8.42 Å². The van der Waals surface area contributed by atoms with Crippen molar-refractivity contribution < 1.29 is 8.42 Å². The normalized spacial score (nSPS) is 21.1. The lowest BCUT2D eigenvalue weighted by atomic mass is 9.95. The summed E-state index contributed by atoms with van der Waals surface area (Å²) in [6.07, 6.45) is 3.42. The summed E-state index contributed by atoms with van der Waals surface area (Å²) in [7, 11) is -1.51. The molecule has 5 heteroatoms. The highest BCUT2D eigenvalue weighted by Crippen LogP contribution is 2.42. The molecule has 2 atom stereocenters. The first-order valence-electron chi connectivity index (χ1n) is 10.6. The average Bonchev–Trinajstić information content (AvgIpc) is 2.92. The van der Waals surface area contributed by atoms with E-state index in [4.69, 9.17) is 0 Å². The van der Waals surface area contributed by atoms with Gasteiger partial charge in [0.15, 0.2) is 0 Å². The summed E-state index contributed by atoms with van der Waals surface area (Å²) in [5.41, 5.74) is 3.79. The predicted molar refractivity (Wildman–Crippen MR) is 119 cm³/mol. The van der Waals surface area contributed by atoms with E-state index in [1.165, 1.54) is 17.7 Å². The summed E-state index contributed by atoms with van der Waals surface area (Å²) in [6.45, 7) is 1.05. The molecule has 152 valence electrons. The number of rotatable bonds is 2. The standard InChI is InChI=1S/C25H24N2O2S/c1-27-22-12-10-18(14-20(22)25-21-11-9-16(15-26-21)13-23(25)27)30(28,29)24-8-4-6-17-5-2-3-7-19(17)24/h2-8,10,12,14,16,21,26H,9,11,13,15H2,1H3. The number of sulfone groups is 1. The number of piperidine rings is 1. The number of aryl methyl sites for hydroxylation is 1. The first-order valence-corrected chi connectivity index (χ1v) is 12.1. The van der Waals surface area contributed by atoms with Crippen LogP contribution in [0.1, 0.15) is 30.1 Å². The van der Waals surface area contributed by atoms with E-state index in [-0.39, 0.29) is 0 Å². The van der Waals surface area contributed by atoms with Gasteiger partial charge >= 0.3 is 0 Å². The van der Waals surface area contributed by atoms with Crippen molar-refractivity contribution >= 4 is 31.5 Å². The third-order valence-corrected chi connectivity index (χ3v) is 8.84. The Morgan fingerprint density at radius 1 is 0.967 bits per heavy atom. The maximum atomic E-state index is 13.7. The Kier molecular flexibility index (Phi) is 3.89. The van der Waals surface area contributed by atoms with Crippen LogP contribution in [0.15, 0.2) is 70.5 Å². The number of fused-ring (bicyclic) bond motifs is 4. The molecular weight excluding hydrogens is 392 g/mol. The van der Waals surface area contributed by atoms with Crippen LogP contribution in [0.25, 0.3) is 21.7 Å². The van der Waals surface area contributed by atoms with Gasteiger partial charge in [-0.05, 0) is 66.9 Å². The fourth-order valence-corrected chi connectivity index (χ4v) is 6.98. The molecule has 30 heavy (non-hydrogen) atoms. The maximum absolute atomic E-state index is 13.7. The maximum Gasteiger partial charge on any atom is 0.207 e. The van der Waals surface area contributed by atoms with Gasteiger partial charge in [0.2, 0.25) is 9.84 Å². The lowest BCUT2D eigenvalue weighted by Crippen LogP contribution is -2.30. The molecule has 1 aliphatic carbocycles. The molecule has 3 heterocycles. The van der Waals surface area contributed by atoms with E-state index in [0.717, 1.165) is 41.1 Å². The van der Waals surface area contributed by atoms with Gasteiger partial charge in [-0.2, -0.15) is 0 Å². The average molecular weight is 417 g/mol. The topological polar surface area (TPSA) is 51.1 Å². The van der Waals surface area contributed by atoms with Crippen LogP contribution in [0.3, 0.4) is 0 Å². The van der Waals surface area contributed by atoms with E-state index >= 15 is 0 Å². The highest BCUT2D eigenvalue weighted by molar-refractivity contribution is 7.91.